The van der Waals surface area contributed by atoms with E-state index in [4.69, 9.17) is 21.3 Å². The number of hydrogen-bond acceptors (Lipinski definition) is 6. The van der Waals surface area contributed by atoms with Crippen LogP contribution >= 0.6 is 11.6 Å². The highest BCUT2D eigenvalue weighted by Crippen LogP contribution is 2.27. The molecule has 1 fully saturated rings. The van der Waals surface area contributed by atoms with Gasteiger partial charge in [0.05, 0.1) is 18.2 Å². The van der Waals surface area contributed by atoms with Gasteiger partial charge in [-0.2, -0.15) is 0 Å². The first-order chi connectivity index (χ1) is 14.3. The summed E-state index contributed by atoms with van der Waals surface area (Å²) >= 11 is 6.15. The summed E-state index contributed by atoms with van der Waals surface area (Å²) in [7, 11) is 1.56. The van der Waals surface area contributed by atoms with Crippen molar-refractivity contribution in [3.63, 3.8) is 0 Å². The summed E-state index contributed by atoms with van der Waals surface area (Å²) in [5.41, 5.74) is 1.64. The first-order valence-corrected chi connectivity index (χ1v) is 10.6. The molecule has 30 heavy (non-hydrogen) atoms. The number of carbonyl (C=O) groups excluding carboxylic acids is 1. The van der Waals surface area contributed by atoms with Crippen molar-refractivity contribution in [3.8, 4) is 5.75 Å². The second kappa shape index (κ2) is 9.62. The number of rotatable bonds is 6. The van der Waals surface area contributed by atoms with Crippen LogP contribution in [-0.4, -0.2) is 60.1 Å². The van der Waals surface area contributed by atoms with Gasteiger partial charge in [-0.25, -0.2) is 9.97 Å². The molecule has 1 aromatic heterocycles. The predicted octanol–water partition coefficient (Wildman–Crippen LogP) is 3.72. The fourth-order valence-electron chi connectivity index (χ4n) is 3.49. The molecule has 3 rings (SSSR count). The molecule has 0 aliphatic carbocycles. The highest BCUT2D eigenvalue weighted by Gasteiger charge is 2.26. The number of amides is 1. The third-order valence-corrected chi connectivity index (χ3v) is 5.65. The van der Waals surface area contributed by atoms with Crippen LogP contribution in [0.1, 0.15) is 38.2 Å². The van der Waals surface area contributed by atoms with Crippen LogP contribution in [-0.2, 0) is 4.79 Å². The maximum atomic E-state index is 12.7. The van der Waals surface area contributed by atoms with Gasteiger partial charge in [0.25, 0.3) is 0 Å². The summed E-state index contributed by atoms with van der Waals surface area (Å²) in [5.74, 6) is 2.67. The minimum atomic E-state index is -0.244. The summed E-state index contributed by atoms with van der Waals surface area (Å²) in [6.45, 7) is 11.4. The van der Waals surface area contributed by atoms with Gasteiger partial charge in [0.1, 0.15) is 17.4 Å². The van der Waals surface area contributed by atoms with Crippen LogP contribution in [0.2, 0.25) is 5.02 Å². The maximum Gasteiger partial charge on any atom is 0.241 e. The number of aryl methyl sites for hydroxylation is 1. The SMILES string of the molecule is COc1ccc(NC(=O)C(C)N2CCN(c3cc(C)nc(C(C)C)n3)CC2)cc1Cl. The van der Waals surface area contributed by atoms with Gasteiger partial charge in [0.15, 0.2) is 0 Å². The Balaban J connectivity index is 1.59. The fourth-order valence-corrected chi connectivity index (χ4v) is 3.75. The minimum absolute atomic E-state index is 0.0512. The topological polar surface area (TPSA) is 70.6 Å². The quantitative estimate of drug-likeness (QED) is 0.751. The molecule has 2 heterocycles. The van der Waals surface area contributed by atoms with Crippen LogP contribution < -0.4 is 15.0 Å². The van der Waals surface area contributed by atoms with Crippen molar-refractivity contribution in [1.29, 1.82) is 0 Å². The first-order valence-electron chi connectivity index (χ1n) is 10.3. The monoisotopic (exact) mass is 431 g/mol. The Bertz CT molecular complexity index is 897. The lowest BCUT2D eigenvalue weighted by Crippen LogP contribution is -2.53. The summed E-state index contributed by atoms with van der Waals surface area (Å²) < 4.78 is 5.16. The molecule has 1 N–H and O–H groups in total. The molecule has 1 saturated heterocycles. The molecule has 1 aliphatic heterocycles. The normalized spacial score (nSPS) is 15.9. The van der Waals surface area contributed by atoms with E-state index in [-0.39, 0.29) is 11.9 Å². The summed E-state index contributed by atoms with van der Waals surface area (Å²) in [6.07, 6.45) is 0. The number of nitrogens with zero attached hydrogens (tertiary/aromatic N) is 4. The summed E-state index contributed by atoms with van der Waals surface area (Å²) in [4.78, 5) is 26.5. The minimum Gasteiger partial charge on any atom is -0.495 e. The lowest BCUT2D eigenvalue weighted by molar-refractivity contribution is -0.120. The van der Waals surface area contributed by atoms with Crippen molar-refractivity contribution in [2.75, 3.05) is 43.5 Å². The molecule has 1 unspecified atom stereocenters. The fraction of sp³-hybridized carbons (Fsp3) is 0.500. The van der Waals surface area contributed by atoms with Crippen LogP contribution in [0.5, 0.6) is 5.75 Å². The average Bonchev–Trinajstić information content (AvgIpc) is 2.73. The van der Waals surface area contributed by atoms with Gasteiger partial charge in [-0.15, -0.1) is 0 Å². The van der Waals surface area contributed by atoms with Crippen molar-refractivity contribution in [2.45, 2.75) is 39.7 Å². The Labute approximate surface area is 183 Å². The molecule has 1 aromatic carbocycles. The molecule has 1 atom stereocenters. The number of aromatic nitrogens is 2. The molecule has 1 aliphatic rings. The smallest absolute Gasteiger partial charge is 0.241 e. The highest BCUT2D eigenvalue weighted by molar-refractivity contribution is 6.32. The molecule has 1 amide bonds. The maximum absolute atomic E-state index is 12.7. The zero-order valence-corrected chi connectivity index (χ0v) is 19.0. The molecule has 8 heteroatoms. The summed E-state index contributed by atoms with van der Waals surface area (Å²) in [6, 6.07) is 7.03. The van der Waals surface area contributed by atoms with Crippen molar-refractivity contribution in [1.82, 2.24) is 14.9 Å². The lowest BCUT2D eigenvalue weighted by atomic mass is 10.2. The molecule has 0 bridgehead atoms. The molecule has 162 valence electrons. The van der Waals surface area contributed by atoms with Crippen LogP contribution in [0.15, 0.2) is 24.3 Å². The number of hydrogen-bond donors (Lipinski definition) is 1. The number of halogens is 1. The zero-order valence-electron chi connectivity index (χ0n) is 18.3. The van der Waals surface area contributed by atoms with E-state index < -0.39 is 0 Å². The number of anilines is 2. The number of piperazine rings is 1. The van der Waals surface area contributed by atoms with Crippen molar-refractivity contribution >= 4 is 29.0 Å². The average molecular weight is 432 g/mol. The van der Waals surface area contributed by atoms with Crippen molar-refractivity contribution in [2.24, 2.45) is 0 Å². The Hall–Kier alpha value is -2.38. The van der Waals surface area contributed by atoms with Crippen LogP contribution in [0.4, 0.5) is 11.5 Å². The number of benzene rings is 1. The van der Waals surface area contributed by atoms with E-state index in [0.29, 0.717) is 22.4 Å². The highest BCUT2D eigenvalue weighted by atomic mass is 35.5. The number of methoxy groups -OCH3 is 1. The van der Waals surface area contributed by atoms with Gasteiger partial charge < -0.3 is 15.0 Å². The van der Waals surface area contributed by atoms with Crippen LogP contribution in [0, 0.1) is 6.92 Å². The molecule has 0 saturated carbocycles. The van der Waals surface area contributed by atoms with Crippen molar-refractivity contribution in [3.05, 3.63) is 40.8 Å². The third kappa shape index (κ3) is 5.21. The van der Waals surface area contributed by atoms with E-state index in [1.54, 1.807) is 25.3 Å². The van der Waals surface area contributed by atoms with Gasteiger partial charge in [0.2, 0.25) is 5.91 Å². The van der Waals surface area contributed by atoms with E-state index >= 15 is 0 Å². The third-order valence-electron chi connectivity index (χ3n) is 5.36. The van der Waals surface area contributed by atoms with Crippen LogP contribution in [0.3, 0.4) is 0 Å². The van der Waals surface area contributed by atoms with Crippen molar-refractivity contribution < 1.29 is 9.53 Å². The van der Waals surface area contributed by atoms with Gasteiger partial charge in [-0.1, -0.05) is 25.4 Å². The molecule has 0 spiro atoms. The zero-order chi connectivity index (χ0) is 21.8. The summed E-state index contributed by atoms with van der Waals surface area (Å²) in [5, 5.41) is 3.42. The molecule has 2 aromatic rings. The van der Waals surface area contributed by atoms with E-state index in [1.807, 2.05) is 19.9 Å². The van der Waals surface area contributed by atoms with E-state index in [0.717, 1.165) is 43.5 Å². The van der Waals surface area contributed by atoms with E-state index in [9.17, 15) is 4.79 Å². The molecular weight excluding hydrogens is 402 g/mol. The Morgan fingerprint density at radius 2 is 1.83 bits per heavy atom. The number of nitrogens with one attached hydrogen (secondary N) is 1. The van der Waals surface area contributed by atoms with Gasteiger partial charge in [0, 0.05) is 49.5 Å². The van der Waals surface area contributed by atoms with Gasteiger partial charge in [-0.05, 0) is 32.0 Å². The second-order valence-electron chi connectivity index (χ2n) is 7.92. The number of ether oxygens (including phenoxy) is 1. The van der Waals surface area contributed by atoms with Gasteiger partial charge >= 0.3 is 0 Å². The van der Waals surface area contributed by atoms with Gasteiger partial charge in [-0.3, -0.25) is 9.69 Å². The predicted molar refractivity (Wildman–Crippen MR) is 121 cm³/mol. The largest absolute Gasteiger partial charge is 0.495 e. The first kappa shape index (κ1) is 22.3. The number of carbonyl (C=O) groups is 1. The second-order valence-corrected chi connectivity index (χ2v) is 8.33. The molecular formula is C22H30ClN5O2. The Morgan fingerprint density at radius 1 is 1.13 bits per heavy atom. The molecule has 7 nitrogen and oxygen atoms in total. The van der Waals surface area contributed by atoms with E-state index in [2.05, 4.69) is 33.9 Å². The van der Waals surface area contributed by atoms with E-state index in [1.165, 1.54) is 0 Å². The standard InChI is InChI=1S/C22H30ClN5O2/c1-14(2)21-24-15(3)12-20(26-21)28-10-8-27(9-11-28)16(4)22(29)25-17-6-7-19(30-5)18(23)13-17/h6-7,12-14,16H,8-11H2,1-5H3,(H,25,29). The Kier molecular flexibility index (Phi) is 7.15. The lowest BCUT2D eigenvalue weighted by Gasteiger charge is -2.38. The molecule has 0 radical (unpaired) electrons. The Morgan fingerprint density at radius 3 is 2.43 bits per heavy atom. The van der Waals surface area contributed by atoms with Crippen LogP contribution in [0.25, 0.3) is 0 Å².